The molecule has 0 aliphatic carbocycles. The summed E-state index contributed by atoms with van der Waals surface area (Å²) in [5.41, 5.74) is 0. The van der Waals surface area contributed by atoms with Crippen molar-refractivity contribution in [1.82, 2.24) is 0 Å². The van der Waals surface area contributed by atoms with Crippen LogP contribution < -0.4 is 0 Å². The summed E-state index contributed by atoms with van der Waals surface area (Å²) in [6.07, 6.45) is 2.18. The second kappa shape index (κ2) is 5.65. The van der Waals surface area contributed by atoms with E-state index in [1.807, 2.05) is 0 Å². The minimum atomic E-state index is -1.51. The topological polar surface area (TPSA) is 9.23 Å². The third kappa shape index (κ3) is 5.51. The molecule has 0 saturated carbocycles. The lowest BCUT2D eigenvalue weighted by atomic mass is 10.2. The van der Waals surface area contributed by atoms with Gasteiger partial charge in [-0.2, -0.15) is 0 Å². The van der Waals surface area contributed by atoms with Crippen LogP contribution in [0.2, 0.25) is 18.1 Å². The van der Waals surface area contributed by atoms with E-state index in [0.29, 0.717) is 5.04 Å². The predicted molar refractivity (Wildman–Crippen MR) is 75.5 cm³/mol. The van der Waals surface area contributed by atoms with Gasteiger partial charge in [-0.3, -0.25) is 0 Å². The van der Waals surface area contributed by atoms with Crippen molar-refractivity contribution >= 4 is 30.9 Å². The highest BCUT2D eigenvalue weighted by atomic mass is 127. The van der Waals surface area contributed by atoms with Gasteiger partial charge in [-0.05, 0) is 57.1 Å². The van der Waals surface area contributed by atoms with Gasteiger partial charge in [-0.25, -0.2) is 0 Å². The van der Waals surface area contributed by atoms with E-state index in [1.165, 1.54) is 3.58 Å². The molecule has 0 unspecified atom stereocenters. The first-order valence-electron chi connectivity index (χ1n) is 5.14. The van der Waals surface area contributed by atoms with E-state index in [0.717, 1.165) is 19.4 Å². The number of rotatable bonds is 5. The fourth-order valence-electron chi connectivity index (χ4n) is 0.808. The van der Waals surface area contributed by atoms with E-state index in [4.69, 9.17) is 4.43 Å². The van der Waals surface area contributed by atoms with Gasteiger partial charge in [0.15, 0.2) is 8.32 Å². The maximum atomic E-state index is 6.04. The summed E-state index contributed by atoms with van der Waals surface area (Å²) in [6.45, 7) is 16.2. The average Bonchev–Trinajstić information content (AvgIpc) is 1.95. The van der Waals surface area contributed by atoms with Crippen molar-refractivity contribution in [3.63, 3.8) is 0 Å². The Hall–Kier alpha value is 0.647. The smallest absolute Gasteiger partial charge is 0.191 e. The molecule has 0 aliphatic heterocycles. The fraction of sp³-hybridized carbons (Fsp3) is 0.818. The molecule has 0 saturated heterocycles. The van der Waals surface area contributed by atoms with Crippen molar-refractivity contribution in [2.45, 2.75) is 51.7 Å². The van der Waals surface area contributed by atoms with Crippen LogP contribution in [-0.2, 0) is 4.43 Å². The van der Waals surface area contributed by atoms with Gasteiger partial charge in [0.05, 0.1) is 0 Å². The molecular weight excluding hydrogens is 303 g/mol. The molecule has 1 nitrogen and oxygen atoms in total. The van der Waals surface area contributed by atoms with Gasteiger partial charge < -0.3 is 4.43 Å². The zero-order valence-electron chi connectivity index (χ0n) is 10.1. The van der Waals surface area contributed by atoms with Crippen molar-refractivity contribution < 1.29 is 4.43 Å². The largest absolute Gasteiger partial charge is 0.417 e. The summed E-state index contributed by atoms with van der Waals surface area (Å²) >= 11 is 2.28. The zero-order chi connectivity index (χ0) is 11.4. The molecule has 0 amide bonds. The number of hydrogen-bond acceptors (Lipinski definition) is 1. The molecule has 3 heteroatoms. The van der Waals surface area contributed by atoms with Crippen LogP contribution in [0, 0.1) is 0 Å². The maximum Gasteiger partial charge on any atom is 0.191 e. The lowest BCUT2D eigenvalue weighted by Gasteiger charge is -2.36. The predicted octanol–water partition coefficient (Wildman–Crippen LogP) is 4.74. The highest BCUT2D eigenvalue weighted by molar-refractivity contribution is 14.1. The Morgan fingerprint density at radius 1 is 1.36 bits per heavy atom. The summed E-state index contributed by atoms with van der Waals surface area (Å²) in [7, 11) is -1.51. The van der Waals surface area contributed by atoms with E-state index in [2.05, 4.69) is 63.0 Å². The minimum Gasteiger partial charge on any atom is -0.417 e. The van der Waals surface area contributed by atoms with Crippen LogP contribution in [0.5, 0.6) is 0 Å². The summed E-state index contributed by atoms with van der Waals surface area (Å²) in [5, 5.41) is 0.328. The van der Waals surface area contributed by atoms with Gasteiger partial charge in [-0.15, -0.1) is 0 Å². The molecule has 0 spiro atoms. The zero-order valence-corrected chi connectivity index (χ0v) is 13.3. The van der Waals surface area contributed by atoms with Crippen LogP contribution in [0.1, 0.15) is 33.6 Å². The normalized spacial score (nSPS) is 13.0. The Morgan fingerprint density at radius 3 is 2.21 bits per heavy atom. The van der Waals surface area contributed by atoms with Crippen LogP contribution in [0.3, 0.4) is 0 Å². The summed E-state index contributed by atoms with van der Waals surface area (Å²) < 4.78 is 7.26. The third-order valence-corrected chi connectivity index (χ3v) is 7.94. The van der Waals surface area contributed by atoms with Crippen LogP contribution in [0.15, 0.2) is 10.2 Å². The number of hydrogen-bond donors (Lipinski definition) is 0. The van der Waals surface area contributed by atoms with E-state index in [9.17, 15) is 0 Å². The molecule has 0 N–H and O–H groups in total. The minimum absolute atomic E-state index is 0.328. The Balaban J connectivity index is 3.83. The molecule has 0 radical (unpaired) electrons. The van der Waals surface area contributed by atoms with Gasteiger partial charge in [0.2, 0.25) is 0 Å². The fourth-order valence-corrected chi connectivity index (χ4v) is 2.28. The highest BCUT2D eigenvalue weighted by Crippen LogP contribution is 2.36. The molecule has 0 bridgehead atoms. The van der Waals surface area contributed by atoms with Crippen molar-refractivity contribution in [2.75, 3.05) is 6.61 Å². The summed E-state index contributed by atoms with van der Waals surface area (Å²) in [6, 6.07) is 0. The molecular formula is C11H23IOSi. The van der Waals surface area contributed by atoms with Crippen molar-refractivity contribution in [2.24, 2.45) is 0 Å². The first kappa shape index (κ1) is 14.6. The molecule has 0 aromatic heterocycles. The molecule has 0 aromatic carbocycles. The molecule has 0 aliphatic rings. The lowest BCUT2D eigenvalue weighted by Crippen LogP contribution is -2.40. The van der Waals surface area contributed by atoms with Gasteiger partial charge >= 0.3 is 0 Å². The van der Waals surface area contributed by atoms with E-state index >= 15 is 0 Å². The second-order valence-corrected chi connectivity index (χ2v) is 11.6. The van der Waals surface area contributed by atoms with Crippen LogP contribution >= 0.6 is 22.6 Å². The van der Waals surface area contributed by atoms with Crippen LogP contribution in [0.25, 0.3) is 0 Å². The average molecular weight is 326 g/mol. The van der Waals surface area contributed by atoms with Gasteiger partial charge in [0.25, 0.3) is 0 Å². The van der Waals surface area contributed by atoms with Gasteiger partial charge in [0, 0.05) is 6.61 Å². The molecule has 0 atom stereocenters. The molecule has 84 valence electrons. The SMILES string of the molecule is C=C(I)CCCO[Si](C)(C)C(C)(C)C. The summed E-state index contributed by atoms with van der Waals surface area (Å²) in [5.74, 6) is 0. The Morgan fingerprint density at radius 2 is 1.86 bits per heavy atom. The maximum absolute atomic E-state index is 6.04. The number of halogens is 1. The van der Waals surface area contributed by atoms with Crippen LogP contribution in [-0.4, -0.2) is 14.9 Å². The van der Waals surface area contributed by atoms with Crippen molar-refractivity contribution in [3.8, 4) is 0 Å². The first-order chi connectivity index (χ1) is 6.17. The quantitative estimate of drug-likeness (QED) is 0.403. The Bertz CT molecular complexity index is 194. The molecule has 0 rings (SSSR count). The summed E-state index contributed by atoms with van der Waals surface area (Å²) in [4.78, 5) is 0. The standard InChI is InChI=1S/C11H23IOSi/c1-10(12)8-7-9-13-14(5,6)11(2,3)4/h1,7-9H2,2-6H3. The van der Waals surface area contributed by atoms with E-state index < -0.39 is 8.32 Å². The van der Waals surface area contributed by atoms with E-state index in [-0.39, 0.29) is 0 Å². The molecule has 14 heavy (non-hydrogen) atoms. The lowest BCUT2D eigenvalue weighted by molar-refractivity contribution is 0.283. The first-order valence-corrected chi connectivity index (χ1v) is 9.13. The van der Waals surface area contributed by atoms with Gasteiger partial charge in [-0.1, -0.05) is 27.4 Å². The molecule has 0 heterocycles. The molecule has 0 fully saturated rings. The number of allylic oxidation sites excluding steroid dienone is 1. The van der Waals surface area contributed by atoms with E-state index in [1.54, 1.807) is 0 Å². The Labute approximate surface area is 104 Å². The van der Waals surface area contributed by atoms with Crippen molar-refractivity contribution in [1.29, 1.82) is 0 Å². The highest BCUT2D eigenvalue weighted by Gasteiger charge is 2.36. The van der Waals surface area contributed by atoms with Gasteiger partial charge in [0.1, 0.15) is 0 Å². The monoisotopic (exact) mass is 326 g/mol. The third-order valence-electron chi connectivity index (χ3n) is 2.86. The second-order valence-electron chi connectivity index (χ2n) is 5.23. The Kier molecular flexibility index (Phi) is 5.92. The van der Waals surface area contributed by atoms with Crippen LogP contribution in [0.4, 0.5) is 0 Å². The van der Waals surface area contributed by atoms with Crippen molar-refractivity contribution in [3.05, 3.63) is 10.2 Å². The molecule has 0 aromatic rings.